The van der Waals surface area contributed by atoms with Crippen molar-refractivity contribution in [2.24, 2.45) is 0 Å². The topological polar surface area (TPSA) is 104 Å². The smallest absolute Gasteiger partial charge is 0.175 e. The summed E-state index contributed by atoms with van der Waals surface area (Å²) in [6.45, 7) is 3.79. The van der Waals surface area contributed by atoms with Gasteiger partial charge in [-0.25, -0.2) is 17.9 Å². The van der Waals surface area contributed by atoms with E-state index in [9.17, 15) is 13.7 Å². The van der Waals surface area contributed by atoms with Crippen molar-refractivity contribution in [3.63, 3.8) is 0 Å². The van der Waals surface area contributed by atoms with Crippen molar-refractivity contribution < 1.29 is 13.2 Å². The van der Waals surface area contributed by atoms with E-state index in [-0.39, 0.29) is 0 Å². The molecule has 0 saturated carbocycles. The number of sulfone groups is 1. The zero-order chi connectivity index (χ0) is 25.3. The fourth-order valence-electron chi connectivity index (χ4n) is 4.62. The minimum absolute atomic E-state index is 0.397. The lowest BCUT2D eigenvalue weighted by molar-refractivity contribution is 0.247. The van der Waals surface area contributed by atoms with Gasteiger partial charge in [0.15, 0.2) is 9.84 Å². The van der Waals surface area contributed by atoms with Crippen molar-refractivity contribution in [1.29, 1.82) is 5.26 Å². The Bertz CT molecular complexity index is 1550. The SMILES string of the molecule is COc1cc(-c2ccc(N3CCN(Cc4ccccc4S(C)(=O)=O)CC3)nc2)c2c(C#N)cnn2c1. The number of piperazine rings is 1. The summed E-state index contributed by atoms with van der Waals surface area (Å²) in [6.07, 6.45) is 6.36. The van der Waals surface area contributed by atoms with Gasteiger partial charge in [0.2, 0.25) is 0 Å². The number of benzene rings is 1. The van der Waals surface area contributed by atoms with E-state index >= 15 is 0 Å². The number of pyridine rings is 2. The quantitative estimate of drug-likeness (QED) is 0.396. The third-order valence-corrected chi connectivity index (χ3v) is 7.66. The first kappa shape index (κ1) is 23.8. The highest BCUT2D eigenvalue weighted by molar-refractivity contribution is 7.90. The van der Waals surface area contributed by atoms with Crippen molar-refractivity contribution in [3.05, 3.63) is 72.2 Å². The number of ether oxygens (including phenoxy) is 1. The molecular formula is C26H26N6O3S. The Morgan fingerprint density at radius 1 is 1.08 bits per heavy atom. The summed E-state index contributed by atoms with van der Waals surface area (Å²) in [5.74, 6) is 1.52. The maximum atomic E-state index is 12.1. The Balaban J connectivity index is 1.31. The van der Waals surface area contributed by atoms with Crippen LogP contribution in [0.5, 0.6) is 5.75 Å². The van der Waals surface area contributed by atoms with E-state index in [2.05, 4.69) is 21.0 Å². The van der Waals surface area contributed by atoms with Gasteiger partial charge in [0.05, 0.1) is 35.5 Å². The molecule has 0 unspecified atom stereocenters. The predicted molar refractivity (Wildman–Crippen MR) is 137 cm³/mol. The minimum atomic E-state index is -3.26. The van der Waals surface area contributed by atoms with Crippen LogP contribution in [-0.2, 0) is 16.4 Å². The zero-order valence-electron chi connectivity index (χ0n) is 20.1. The monoisotopic (exact) mass is 502 g/mol. The number of nitriles is 1. The van der Waals surface area contributed by atoms with Crippen LogP contribution in [0.1, 0.15) is 11.1 Å². The summed E-state index contributed by atoms with van der Waals surface area (Å²) in [4.78, 5) is 9.60. The summed E-state index contributed by atoms with van der Waals surface area (Å²) in [7, 11) is -1.66. The van der Waals surface area contributed by atoms with E-state index in [4.69, 9.17) is 9.72 Å². The summed E-state index contributed by atoms with van der Waals surface area (Å²) < 4.78 is 31.3. The molecule has 0 radical (unpaired) electrons. The first-order valence-corrected chi connectivity index (χ1v) is 13.4. The summed E-state index contributed by atoms with van der Waals surface area (Å²) in [5, 5.41) is 13.8. The minimum Gasteiger partial charge on any atom is -0.495 e. The number of nitrogens with zero attached hydrogens (tertiary/aromatic N) is 6. The van der Waals surface area contributed by atoms with Gasteiger partial charge in [-0.3, -0.25) is 4.90 Å². The normalized spacial score (nSPS) is 14.6. The average Bonchev–Trinajstić information content (AvgIpc) is 3.31. The molecule has 36 heavy (non-hydrogen) atoms. The molecule has 0 bridgehead atoms. The van der Waals surface area contributed by atoms with Crippen LogP contribution in [0.15, 0.2) is 66.0 Å². The largest absolute Gasteiger partial charge is 0.495 e. The van der Waals surface area contributed by atoms with Gasteiger partial charge in [0.1, 0.15) is 17.6 Å². The molecule has 1 saturated heterocycles. The first-order chi connectivity index (χ1) is 17.4. The molecule has 0 atom stereocenters. The van der Waals surface area contributed by atoms with Gasteiger partial charge in [-0.15, -0.1) is 0 Å². The molecule has 10 heteroatoms. The second kappa shape index (κ2) is 9.60. The molecule has 1 aliphatic rings. The molecule has 3 aromatic heterocycles. The van der Waals surface area contributed by atoms with Gasteiger partial charge in [-0.2, -0.15) is 10.4 Å². The number of hydrogen-bond donors (Lipinski definition) is 0. The van der Waals surface area contributed by atoms with E-state index in [1.807, 2.05) is 36.5 Å². The van der Waals surface area contributed by atoms with E-state index in [0.29, 0.717) is 22.8 Å². The van der Waals surface area contributed by atoms with E-state index in [1.165, 1.54) is 6.26 Å². The van der Waals surface area contributed by atoms with Gasteiger partial charge in [0, 0.05) is 56.3 Å². The number of fused-ring (bicyclic) bond motifs is 1. The van der Waals surface area contributed by atoms with Gasteiger partial charge in [-0.1, -0.05) is 18.2 Å². The van der Waals surface area contributed by atoms with Crippen molar-refractivity contribution in [3.8, 4) is 22.9 Å². The van der Waals surface area contributed by atoms with Crippen LogP contribution in [0.4, 0.5) is 5.82 Å². The summed E-state index contributed by atoms with van der Waals surface area (Å²) >= 11 is 0. The fourth-order valence-corrected chi connectivity index (χ4v) is 5.55. The Morgan fingerprint density at radius 2 is 1.86 bits per heavy atom. The molecule has 1 fully saturated rings. The highest BCUT2D eigenvalue weighted by Gasteiger charge is 2.21. The molecule has 0 aliphatic carbocycles. The Hall–Kier alpha value is -3.94. The maximum Gasteiger partial charge on any atom is 0.175 e. The van der Waals surface area contributed by atoms with Gasteiger partial charge in [-0.05, 0) is 29.8 Å². The van der Waals surface area contributed by atoms with Crippen molar-refractivity contribution in [1.82, 2.24) is 19.5 Å². The fraction of sp³-hybridized carbons (Fsp3) is 0.269. The van der Waals surface area contributed by atoms with Crippen molar-refractivity contribution in [2.75, 3.05) is 44.4 Å². The molecule has 184 valence electrons. The average molecular weight is 503 g/mol. The molecule has 0 N–H and O–H groups in total. The number of anilines is 1. The van der Waals surface area contributed by atoms with Crippen LogP contribution >= 0.6 is 0 Å². The van der Waals surface area contributed by atoms with Crippen molar-refractivity contribution in [2.45, 2.75) is 11.4 Å². The van der Waals surface area contributed by atoms with E-state index < -0.39 is 9.84 Å². The Labute approximate surface area is 210 Å². The van der Waals surface area contributed by atoms with E-state index in [1.54, 1.807) is 36.2 Å². The lowest BCUT2D eigenvalue weighted by Crippen LogP contribution is -2.46. The van der Waals surface area contributed by atoms with E-state index in [0.717, 1.165) is 54.2 Å². The highest BCUT2D eigenvalue weighted by atomic mass is 32.2. The maximum absolute atomic E-state index is 12.1. The van der Waals surface area contributed by atoms with Gasteiger partial charge < -0.3 is 9.64 Å². The van der Waals surface area contributed by atoms with Crippen LogP contribution in [0.2, 0.25) is 0 Å². The van der Waals surface area contributed by atoms with Crippen LogP contribution in [-0.4, -0.2) is 67.5 Å². The molecular weight excluding hydrogens is 476 g/mol. The van der Waals surface area contributed by atoms with Gasteiger partial charge in [0.25, 0.3) is 0 Å². The molecule has 0 spiro atoms. The molecule has 1 aliphatic heterocycles. The van der Waals surface area contributed by atoms with Gasteiger partial charge >= 0.3 is 0 Å². The molecule has 1 aromatic carbocycles. The molecule has 0 amide bonds. The second-order valence-electron chi connectivity index (χ2n) is 8.80. The molecule has 4 heterocycles. The predicted octanol–water partition coefficient (Wildman–Crippen LogP) is 3.00. The molecule has 5 rings (SSSR count). The highest BCUT2D eigenvalue weighted by Crippen LogP contribution is 2.31. The van der Waals surface area contributed by atoms with Crippen LogP contribution in [0.3, 0.4) is 0 Å². The second-order valence-corrected chi connectivity index (χ2v) is 10.8. The standard InChI is InChI=1S/C26H26N6O3S/c1-35-22-13-23(26-21(14-27)16-29-32(26)18-22)19-7-8-25(28-15-19)31-11-9-30(10-12-31)17-20-5-3-4-6-24(20)36(2,33)34/h3-8,13,15-16,18H,9-12,17H2,1-2H3. The number of aromatic nitrogens is 3. The molecule has 4 aromatic rings. The lowest BCUT2D eigenvalue weighted by atomic mass is 10.1. The Kier molecular flexibility index (Phi) is 6.35. The van der Waals surface area contributed by atoms with Crippen LogP contribution < -0.4 is 9.64 Å². The summed E-state index contributed by atoms with van der Waals surface area (Å²) in [5.41, 5.74) is 3.74. The third kappa shape index (κ3) is 4.63. The van der Waals surface area contributed by atoms with Crippen LogP contribution in [0.25, 0.3) is 16.6 Å². The number of methoxy groups -OCH3 is 1. The van der Waals surface area contributed by atoms with Crippen LogP contribution in [0, 0.1) is 11.3 Å². The third-order valence-electron chi connectivity index (χ3n) is 6.46. The number of rotatable bonds is 6. The molecule has 9 nitrogen and oxygen atoms in total. The number of hydrogen-bond acceptors (Lipinski definition) is 8. The summed E-state index contributed by atoms with van der Waals surface area (Å²) in [6, 6.07) is 15.3. The Morgan fingerprint density at radius 3 is 2.53 bits per heavy atom. The lowest BCUT2D eigenvalue weighted by Gasteiger charge is -2.35. The van der Waals surface area contributed by atoms with Crippen molar-refractivity contribution >= 4 is 21.2 Å². The first-order valence-electron chi connectivity index (χ1n) is 11.5. The zero-order valence-corrected chi connectivity index (χ0v) is 20.9.